The zero-order valence-corrected chi connectivity index (χ0v) is 21.5. The molecule has 6 heteroatoms. The Hall–Kier alpha value is -1.83. The second-order valence-electron chi connectivity index (χ2n) is 10.4. The van der Waals surface area contributed by atoms with Gasteiger partial charge in [-0.25, -0.2) is 0 Å². The van der Waals surface area contributed by atoms with Gasteiger partial charge in [0.25, 0.3) is 8.32 Å². The fourth-order valence-corrected chi connectivity index (χ4v) is 9.25. The van der Waals surface area contributed by atoms with Gasteiger partial charge in [-0.05, 0) is 35.7 Å². The van der Waals surface area contributed by atoms with Crippen molar-refractivity contribution in [2.24, 2.45) is 0 Å². The van der Waals surface area contributed by atoms with Gasteiger partial charge in [0.1, 0.15) is 5.78 Å². The van der Waals surface area contributed by atoms with Crippen molar-refractivity contribution in [2.45, 2.75) is 76.9 Å². The summed E-state index contributed by atoms with van der Waals surface area (Å²) in [5.74, 6) is -0.660. The molecule has 1 N–H and O–H groups in total. The molecule has 0 bridgehead atoms. The van der Waals surface area contributed by atoms with Gasteiger partial charge in [-0.2, -0.15) is 0 Å². The summed E-state index contributed by atoms with van der Waals surface area (Å²) in [5, 5.41) is 12.9. The van der Waals surface area contributed by atoms with Crippen LogP contribution in [0.1, 0.15) is 53.9 Å². The van der Waals surface area contributed by atoms with E-state index in [1.54, 1.807) is 0 Å². The minimum absolute atomic E-state index is 0.0146. The average Bonchev–Trinajstić information content (AvgIpc) is 3.09. The Kier molecular flexibility index (Phi) is 8.29. The Bertz CT molecular complexity index is 852. The molecule has 33 heavy (non-hydrogen) atoms. The first kappa shape index (κ1) is 25.8. The van der Waals surface area contributed by atoms with Gasteiger partial charge in [-0.1, -0.05) is 81.4 Å². The SMILES string of the molecule is CC1(C)OC[C@@H](CC(=O)C[C@@H](O)CCO[Si](c2ccccc2)(c2ccccc2)C(C)(C)C)O1. The van der Waals surface area contributed by atoms with Gasteiger partial charge in [0.15, 0.2) is 5.79 Å². The van der Waals surface area contributed by atoms with Crippen molar-refractivity contribution in [1.29, 1.82) is 0 Å². The van der Waals surface area contributed by atoms with Crippen LogP contribution < -0.4 is 10.4 Å². The van der Waals surface area contributed by atoms with Crippen LogP contribution in [-0.2, 0) is 18.7 Å². The molecule has 0 radical (unpaired) electrons. The summed E-state index contributed by atoms with van der Waals surface area (Å²) in [6, 6.07) is 20.9. The molecule has 2 atom stereocenters. The van der Waals surface area contributed by atoms with Gasteiger partial charge in [-0.15, -0.1) is 0 Å². The number of aliphatic hydroxyl groups is 1. The molecule has 0 unspecified atom stereocenters. The van der Waals surface area contributed by atoms with Crippen LogP contribution in [0.3, 0.4) is 0 Å². The van der Waals surface area contributed by atoms with Crippen molar-refractivity contribution in [1.82, 2.24) is 0 Å². The number of Topliss-reactive ketones (excluding diaryl/α,β-unsaturated/α-hetero) is 1. The molecule has 1 aliphatic heterocycles. The lowest BCUT2D eigenvalue weighted by atomic mass is 10.1. The van der Waals surface area contributed by atoms with Crippen LogP contribution in [0.5, 0.6) is 0 Å². The minimum Gasteiger partial charge on any atom is -0.407 e. The van der Waals surface area contributed by atoms with Gasteiger partial charge in [0.2, 0.25) is 0 Å². The molecule has 2 aromatic carbocycles. The highest BCUT2D eigenvalue weighted by atomic mass is 28.4. The maximum absolute atomic E-state index is 12.5. The molecule has 0 spiro atoms. The fourth-order valence-electron chi connectivity index (χ4n) is 4.68. The molecule has 0 amide bonds. The molecule has 1 saturated heterocycles. The smallest absolute Gasteiger partial charge is 0.261 e. The third-order valence-electron chi connectivity index (χ3n) is 6.17. The van der Waals surface area contributed by atoms with Gasteiger partial charge in [0.05, 0.1) is 18.8 Å². The fraction of sp³-hybridized carbons (Fsp3) is 0.519. The quantitative estimate of drug-likeness (QED) is 0.535. The standard InChI is InChI=1S/C27H38O5Si/c1-26(2,3)33(24-12-8-6-9-13-24,25-14-10-7-11-15-25)31-17-16-21(28)18-22(29)19-23-20-30-27(4,5)32-23/h6-15,21,23,28H,16-20H2,1-5H3/t21-,23+/m0/s1. The Morgan fingerprint density at radius 3 is 2.09 bits per heavy atom. The number of carbonyl (C=O) groups is 1. The highest BCUT2D eigenvalue weighted by Crippen LogP contribution is 2.36. The molecule has 180 valence electrons. The van der Waals surface area contributed by atoms with Crippen molar-refractivity contribution in [3.8, 4) is 0 Å². The maximum Gasteiger partial charge on any atom is 0.261 e. The molecule has 2 aromatic rings. The van der Waals surface area contributed by atoms with E-state index >= 15 is 0 Å². The summed E-state index contributed by atoms with van der Waals surface area (Å²) in [6.45, 7) is 11.2. The number of ether oxygens (including phenoxy) is 2. The van der Waals surface area contributed by atoms with E-state index < -0.39 is 20.2 Å². The van der Waals surface area contributed by atoms with Crippen LogP contribution in [0, 0.1) is 0 Å². The van der Waals surface area contributed by atoms with Gasteiger partial charge in [-0.3, -0.25) is 4.79 Å². The second-order valence-corrected chi connectivity index (χ2v) is 14.7. The van der Waals surface area contributed by atoms with E-state index in [0.717, 1.165) is 0 Å². The van der Waals surface area contributed by atoms with E-state index in [1.165, 1.54) is 10.4 Å². The van der Waals surface area contributed by atoms with Crippen LogP contribution in [-0.4, -0.2) is 50.4 Å². The van der Waals surface area contributed by atoms with Crippen molar-refractivity contribution >= 4 is 24.5 Å². The number of ketones is 1. The third kappa shape index (κ3) is 6.40. The van der Waals surface area contributed by atoms with Crippen molar-refractivity contribution in [3.05, 3.63) is 60.7 Å². The summed E-state index contributed by atoms with van der Waals surface area (Å²) in [6.07, 6.45) is -0.219. The van der Waals surface area contributed by atoms with Crippen molar-refractivity contribution < 1.29 is 23.8 Å². The summed E-state index contributed by atoms with van der Waals surface area (Å²) in [7, 11) is -2.63. The Morgan fingerprint density at radius 1 is 1.09 bits per heavy atom. The van der Waals surface area contributed by atoms with E-state index in [2.05, 4.69) is 69.3 Å². The van der Waals surface area contributed by atoms with Gasteiger partial charge in [0, 0.05) is 19.4 Å². The topological polar surface area (TPSA) is 65.0 Å². The van der Waals surface area contributed by atoms with E-state index in [-0.39, 0.29) is 29.8 Å². The molecule has 0 aromatic heterocycles. The first-order valence-corrected chi connectivity index (χ1v) is 13.7. The lowest BCUT2D eigenvalue weighted by molar-refractivity contribution is -0.142. The number of hydrogen-bond donors (Lipinski definition) is 1. The first-order valence-electron chi connectivity index (χ1n) is 11.8. The summed E-state index contributed by atoms with van der Waals surface area (Å²) < 4.78 is 18.0. The second kappa shape index (κ2) is 10.6. The minimum atomic E-state index is -2.63. The summed E-state index contributed by atoms with van der Waals surface area (Å²) in [4.78, 5) is 12.5. The van der Waals surface area contributed by atoms with Crippen LogP contribution in [0.15, 0.2) is 60.7 Å². The number of rotatable bonds is 10. The number of benzene rings is 2. The van der Waals surface area contributed by atoms with Crippen LogP contribution in [0.4, 0.5) is 0 Å². The van der Waals surface area contributed by atoms with Crippen LogP contribution >= 0.6 is 0 Å². The number of hydrogen-bond acceptors (Lipinski definition) is 5. The molecular weight excluding hydrogens is 432 g/mol. The molecule has 0 saturated carbocycles. The zero-order valence-electron chi connectivity index (χ0n) is 20.5. The molecule has 1 heterocycles. The highest BCUT2D eigenvalue weighted by Gasteiger charge is 2.50. The van der Waals surface area contributed by atoms with Gasteiger partial charge >= 0.3 is 0 Å². The molecule has 0 aliphatic carbocycles. The Labute approximate surface area is 199 Å². The zero-order chi connectivity index (χ0) is 24.1. The first-order chi connectivity index (χ1) is 15.5. The van der Waals surface area contributed by atoms with Gasteiger partial charge < -0.3 is 19.0 Å². The predicted molar refractivity (Wildman–Crippen MR) is 133 cm³/mol. The van der Waals surface area contributed by atoms with E-state index in [4.69, 9.17) is 13.9 Å². The predicted octanol–water partition coefficient (Wildman–Crippen LogP) is 3.81. The molecule has 1 fully saturated rings. The van der Waals surface area contributed by atoms with Crippen molar-refractivity contribution in [2.75, 3.05) is 13.2 Å². The van der Waals surface area contributed by atoms with Crippen LogP contribution in [0.2, 0.25) is 5.04 Å². The molecule has 1 aliphatic rings. The Balaban J connectivity index is 1.67. The lowest BCUT2D eigenvalue weighted by Crippen LogP contribution is -2.66. The van der Waals surface area contributed by atoms with Crippen LogP contribution in [0.25, 0.3) is 0 Å². The highest BCUT2D eigenvalue weighted by molar-refractivity contribution is 6.99. The average molecular weight is 471 g/mol. The normalized spacial score (nSPS) is 19.4. The number of aliphatic hydroxyl groups excluding tert-OH is 1. The molecular formula is C27H38O5Si. The molecule has 3 rings (SSSR count). The monoisotopic (exact) mass is 470 g/mol. The summed E-state index contributed by atoms with van der Waals surface area (Å²) in [5.41, 5.74) is 0. The van der Waals surface area contributed by atoms with E-state index in [1.807, 2.05) is 26.0 Å². The largest absolute Gasteiger partial charge is 0.407 e. The molecule has 5 nitrogen and oxygen atoms in total. The maximum atomic E-state index is 12.5. The van der Waals surface area contributed by atoms with Crippen molar-refractivity contribution in [3.63, 3.8) is 0 Å². The summed E-state index contributed by atoms with van der Waals surface area (Å²) >= 11 is 0. The van der Waals surface area contributed by atoms with E-state index in [0.29, 0.717) is 19.6 Å². The van der Waals surface area contributed by atoms with E-state index in [9.17, 15) is 9.90 Å². The third-order valence-corrected chi connectivity index (χ3v) is 11.2. The Morgan fingerprint density at radius 2 is 1.64 bits per heavy atom. The number of carbonyl (C=O) groups excluding carboxylic acids is 1. The lowest BCUT2D eigenvalue weighted by Gasteiger charge is -2.43.